The molecule has 1 aromatic carbocycles. The highest BCUT2D eigenvalue weighted by Crippen LogP contribution is 2.29. The Morgan fingerprint density at radius 2 is 1.93 bits per heavy atom. The number of benzene rings is 1. The number of nitrogens with zero attached hydrogens (tertiary/aromatic N) is 1. The maximum Gasteiger partial charge on any atom is 0.240 e. The Hall–Kier alpha value is -1.84. The molecule has 0 aromatic heterocycles. The van der Waals surface area contributed by atoms with Gasteiger partial charge in [0.05, 0.1) is 19.1 Å². The molecule has 3 rings (SSSR count). The van der Waals surface area contributed by atoms with Gasteiger partial charge in [0.2, 0.25) is 15.9 Å². The van der Waals surface area contributed by atoms with Crippen LogP contribution >= 0.6 is 0 Å². The Bertz CT molecular complexity index is 783. The minimum Gasteiger partial charge on any atom is -0.493 e. The summed E-state index contributed by atoms with van der Waals surface area (Å²) in [6.45, 7) is 1.50. The number of hydrogen-bond acceptors (Lipinski definition) is 6. The zero-order valence-electron chi connectivity index (χ0n) is 15.7. The summed E-state index contributed by atoms with van der Waals surface area (Å²) in [5, 5.41) is 3.53. The van der Waals surface area contributed by atoms with Crippen molar-refractivity contribution in [2.45, 2.75) is 42.7 Å². The number of sulfonamides is 1. The summed E-state index contributed by atoms with van der Waals surface area (Å²) in [5.74, 6) is 0.777. The summed E-state index contributed by atoms with van der Waals surface area (Å²) in [7, 11) is -0.795. The van der Waals surface area contributed by atoms with Gasteiger partial charge in [-0.3, -0.25) is 4.79 Å². The maximum absolute atomic E-state index is 12.5. The van der Waals surface area contributed by atoms with Crippen molar-refractivity contribution in [1.29, 1.82) is 0 Å². The van der Waals surface area contributed by atoms with Gasteiger partial charge in [0.25, 0.3) is 0 Å². The van der Waals surface area contributed by atoms with Crippen molar-refractivity contribution in [3.8, 4) is 11.5 Å². The average molecular weight is 397 g/mol. The fraction of sp³-hybridized carbons (Fsp3) is 0.611. The van der Waals surface area contributed by atoms with E-state index in [-0.39, 0.29) is 23.8 Å². The largest absolute Gasteiger partial charge is 0.493 e. The number of amides is 1. The van der Waals surface area contributed by atoms with E-state index >= 15 is 0 Å². The molecular weight excluding hydrogens is 370 g/mol. The third kappa shape index (κ3) is 4.72. The standard InChI is InChI=1S/C18H27N3O5S/c1-25-16-6-5-15(11-17(16)26-2)27(23,24)19-9-7-18(22)21-10-8-13-3-4-14(12-21)20-13/h5-6,11,13-14,19-20H,3-4,7-10,12H2,1-2H3. The van der Waals surface area contributed by atoms with Crippen LogP contribution in [0.3, 0.4) is 0 Å². The van der Waals surface area contributed by atoms with Gasteiger partial charge in [-0.25, -0.2) is 13.1 Å². The minimum absolute atomic E-state index is 0.0145. The van der Waals surface area contributed by atoms with E-state index in [0.717, 1.165) is 19.4 Å². The van der Waals surface area contributed by atoms with Crippen LogP contribution in [-0.4, -0.2) is 65.2 Å². The van der Waals surface area contributed by atoms with Crippen LogP contribution in [0.5, 0.6) is 11.5 Å². The molecule has 2 heterocycles. The molecule has 9 heteroatoms. The van der Waals surface area contributed by atoms with Gasteiger partial charge in [-0.1, -0.05) is 0 Å². The third-order valence-corrected chi connectivity index (χ3v) is 6.63. The van der Waals surface area contributed by atoms with Crippen LogP contribution in [0.1, 0.15) is 25.7 Å². The monoisotopic (exact) mass is 397 g/mol. The molecule has 2 bridgehead atoms. The lowest BCUT2D eigenvalue weighted by Gasteiger charge is -2.24. The van der Waals surface area contributed by atoms with Crippen molar-refractivity contribution in [2.75, 3.05) is 33.9 Å². The SMILES string of the molecule is COc1ccc(S(=O)(=O)NCCC(=O)N2CCC3CCC(C2)N3)cc1OC. The highest BCUT2D eigenvalue weighted by Gasteiger charge is 2.31. The Kier molecular flexibility index (Phi) is 6.23. The molecule has 1 aromatic rings. The Morgan fingerprint density at radius 3 is 2.67 bits per heavy atom. The summed E-state index contributed by atoms with van der Waals surface area (Å²) in [6, 6.07) is 5.27. The highest BCUT2D eigenvalue weighted by atomic mass is 32.2. The van der Waals surface area contributed by atoms with Crippen LogP contribution in [0.15, 0.2) is 23.1 Å². The molecule has 2 N–H and O–H groups in total. The fourth-order valence-corrected chi connectivity index (χ4v) is 4.73. The Morgan fingerprint density at radius 1 is 1.19 bits per heavy atom. The van der Waals surface area contributed by atoms with E-state index in [2.05, 4.69) is 10.0 Å². The Balaban J connectivity index is 1.55. The van der Waals surface area contributed by atoms with Gasteiger partial charge in [-0.15, -0.1) is 0 Å². The molecule has 150 valence electrons. The van der Waals surface area contributed by atoms with Crippen molar-refractivity contribution < 1.29 is 22.7 Å². The molecule has 2 aliphatic rings. The number of nitrogens with one attached hydrogen (secondary N) is 2. The normalized spacial score (nSPS) is 22.4. The zero-order chi connectivity index (χ0) is 19.4. The first-order valence-corrected chi connectivity index (χ1v) is 10.7. The molecule has 27 heavy (non-hydrogen) atoms. The first kappa shape index (κ1) is 19.9. The van der Waals surface area contributed by atoms with Gasteiger partial charge in [-0.2, -0.15) is 0 Å². The Labute approximate surface area is 160 Å². The maximum atomic E-state index is 12.5. The van der Waals surface area contributed by atoms with Crippen LogP contribution < -0.4 is 19.5 Å². The fourth-order valence-electron chi connectivity index (χ4n) is 3.69. The second-order valence-corrected chi connectivity index (χ2v) is 8.70. The highest BCUT2D eigenvalue weighted by molar-refractivity contribution is 7.89. The molecule has 0 spiro atoms. The van der Waals surface area contributed by atoms with Gasteiger partial charge in [-0.05, 0) is 31.4 Å². The molecular formula is C18H27N3O5S. The molecule has 2 fully saturated rings. The van der Waals surface area contributed by atoms with Gasteiger partial charge in [0.1, 0.15) is 0 Å². The van der Waals surface area contributed by atoms with E-state index in [1.54, 1.807) is 0 Å². The van der Waals surface area contributed by atoms with E-state index < -0.39 is 10.0 Å². The van der Waals surface area contributed by atoms with Crippen LogP contribution in [0.4, 0.5) is 0 Å². The second kappa shape index (κ2) is 8.45. The summed E-state index contributed by atoms with van der Waals surface area (Å²) in [6.07, 6.45) is 3.38. The van der Waals surface area contributed by atoms with Crippen LogP contribution in [0.2, 0.25) is 0 Å². The average Bonchev–Trinajstić information content (AvgIpc) is 2.99. The number of carbonyl (C=O) groups is 1. The third-order valence-electron chi connectivity index (χ3n) is 5.17. The number of hydrogen-bond donors (Lipinski definition) is 2. The second-order valence-electron chi connectivity index (χ2n) is 6.93. The topological polar surface area (TPSA) is 97.0 Å². The van der Waals surface area contributed by atoms with Gasteiger partial charge < -0.3 is 19.7 Å². The molecule has 2 aliphatic heterocycles. The summed E-state index contributed by atoms with van der Waals surface area (Å²) < 4.78 is 37.7. The zero-order valence-corrected chi connectivity index (χ0v) is 16.5. The predicted molar refractivity (Wildman–Crippen MR) is 100 cm³/mol. The first-order valence-electron chi connectivity index (χ1n) is 9.18. The number of likely N-dealkylation sites (tertiary alicyclic amines) is 1. The molecule has 0 aliphatic carbocycles. The van der Waals surface area contributed by atoms with Crippen molar-refractivity contribution in [3.05, 3.63) is 18.2 Å². The predicted octanol–water partition coefficient (Wildman–Crippen LogP) is 0.725. The van der Waals surface area contributed by atoms with Crippen LogP contribution in [0, 0.1) is 0 Å². The lowest BCUT2D eigenvalue weighted by atomic mass is 10.1. The molecule has 8 nitrogen and oxygen atoms in total. The molecule has 2 saturated heterocycles. The number of fused-ring (bicyclic) bond motifs is 2. The van der Waals surface area contributed by atoms with Crippen molar-refractivity contribution in [1.82, 2.24) is 14.9 Å². The van der Waals surface area contributed by atoms with Crippen molar-refractivity contribution in [2.24, 2.45) is 0 Å². The number of ether oxygens (including phenoxy) is 2. The number of carbonyl (C=O) groups excluding carboxylic acids is 1. The number of rotatable bonds is 7. The molecule has 2 unspecified atom stereocenters. The quantitative estimate of drug-likeness (QED) is 0.704. The van der Waals surface area contributed by atoms with Gasteiger partial charge >= 0.3 is 0 Å². The summed E-state index contributed by atoms with van der Waals surface area (Å²) >= 11 is 0. The molecule has 0 saturated carbocycles. The van der Waals surface area contributed by atoms with Gasteiger partial charge in [0.15, 0.2) is 11.5 Å². The van der Waals surface area contributed by atoms with Crippen LogP contribution in [0.25, 0.3) is 0 Å². The minimum atomic E-state index is -3.73. The van der Waals surface area contributed by atoms with Crippen LogP contribution in [-0.2, 0) is 14.8 Å². The lowest BCUT2D eigenvalue weighted by molar-refractivity contribution is -0.131. The molecule has 2 atom stereocenters. The van der Waals surface area contributed by atoms with Crippen molar-refractivity contribution in [3.63, 3.8) is 0 Å². The van der Waals surface area contributed by atoms with E-state index in [1.807, 2.05) is 4.90 Å². The molecule has 0 radical (unpaired) electrons. The summed E-state index contributed by atoms with van der Waals surface area (Å²) in [5.41, 5.74) is 0. The lowest BCUT2D eigenvalue weighted by Crippen LogP contribution is -2.40. The van der Waals surface area contributed by atoms with E-state index in [0.29, 0.717) is 30.1 Å². The van der Waals surface area contributed by atoms with E-state index in [1.165, 1.54) is 38.8 Å². The van der Waals surface area contributed by atoms with Crippen molar-refractivity contribution >= 4 is 15.9 Å². The molecule has 1 amide bonds. The van der Waals surface area contributed by atoms with E-state index in [9.17, 15) is 13.2 Å². The summed E-state index contributed by atoms with van der Waals surface area (Å²) in [4.78, 5) is 14.4. The number of methoxy groups -OCH3 is 2. The smallest absolute Gasteiger partial charge is 0.240 e. The van der Waals surface area contributed by atoms with Gasteiger partial charge in [0, 0.05) is 44.2 Å². The van der Waals surface area contributed by atoms with E-state index in [4.69, 9.17) is 9.47 Å². The first-order chi connectivity index (χ1) is 12.9.